The highest BCUT2D eigenvalue weighted by atomic mass is 32.2. The van der Waals surface area contributed by atoms with Crippen LogP contribution in [-0.2, 0) is 21.4 Å². The van der Waals surface area contributed by atoms with Crippen LogP contribution >= 0.6 is 0 Å². The number of nitrogens with one attached hydrogen (secondary N) is 1. The first-order valence-corrected chi connectivity index (χ1v) is 12.6. The van der Waals surface area contributed by atoms with Crippen LogP contribution in [0.1, 0.15) is 32.3 Å². The summed E-state index contributed by atoms with van der Waals surface area (Å²) in [7, 11) is 0.565. The van der Waals surface area contributed by atoms with Crippen LogP contribution in [0.3, 0.4) is 0 Å². The summed E-state index contributed by atoms with van der Waals surface area (Å²) in [4.78, 5) is 17.3. The molecule has 2 aromatic carbocycles. The van der Waals surface area contributed by atoms with Gasteiger partial charge in [-0.3, -0.25) is 9.69 Å². The van der Waals surface area contributed by atoms with Crippen LogP contribution in [0.25, 0.3) is 0 Å². The van der Waals surface area contributed by atoms with Crippen molar-refractivity contribution in [2.45, 2.75) is 44.2 Å². The molecule has 174 valence electrons. The number of hydrogen-bond acceptors (Lipinski definition) is 5. The van der Waals surface area contributed by atoms with Gasteiger partial charge in [0.05, 0.1) is 10.9 Å². The Labute approximate surface area is 192 Å². The molecule has 1 saturated heterocycles. The summed E-state index contributed by atoms with van der Waals surface area (Å²) in [6.07, 6.45) is 1.80. The summed E-state index contributed by atoms with van der Waals surface area (Å²) in [5.74, 6) is -0.119. The lowest BCUT2D eigenvalue weighted by Gasteiger charge is -2.27. The molecule has 0 aliphatic carbocycles. The molecule has 3 rings (SSSR count). The minimum atomic E-state index is -3.45. The van der Waals surface area contributed by atoms with E-state index in [9.17, 15) is 13.2 Å². The average molecular weight is 459 g/mol. The first-order valence-electron chi connectivity index (χ1n) is 11.1. The number of nitrogens with zero attached hydrogens (tertiary/aromatic N) is 3. The van der Waals surface area contributed by atoms with Crippen molar-refractivity contribution in [2.75, 3.05) is 43.9 Å². The quantitative estimate of drug-likeness (QED) is 0.624. The third-order valence-electron chi connectivity index (χ3n) is 6.00. The minimum absolute atomic E-state index is 0.119. The Morgan fingerprint density at radius 3 is 2.16 bits per heavy atom. The standard InChI is InChI=1S/C24H34N4O3S/c1-5-27(18-20-8-12-22(13-9-20)26(3)4)19(2)24(29)25-21-10-14-23(15-11-21)32(30,31)28-16-6-7-17-28/h8-15,19H,5-7,16-18H2,1-4H3,(H,25,29)/t19-/m1/s1. The highest BCUT2D eigenvalue weighted by molar-refractivity contribution is 7.89. The van der Waals surface area contributed by atoms with Gasteiger partial charge in [-0.05, 0) is 68.3 Å². The predicted octanol–water partition coefficient (Wildman–Crippen LogP) is 3.39. The van der Waals surface area contributed by atoms with Gasteiger partial charge in [-0.15, -0.1) is 0 Å². The monoisotopic (exact) mass is 458 g/mol. The molecule has 0 spiro atoms. The molecule has 32 heavy (non-hydrogen) atoms. The second-order valence-corrected chi connectivity index (χ2v) is 10.4. The number of likely N-dealkylation sites (N-methyl/N-ethyl adjacent to an activating group) is 1. The molecule has 2 aromatic rings. The van der Waals surface area contributed by atoms with Crippen LogP contribution in [0, 0.1) is 0 Å². The lowest BCUT2D eigenvalue weighted by atomic mass is 10.1. The highest BCUT2D eigenvalue weighted by Gasteiger charge is 2.27. The van der Waals surface area contributed by atoms with E-state index in [-0.39, 0.29) is 16.8 Å². The van der Waals surface area contributed by atoms with Crippen molar-refractivity contribution in [3.05, 3.63) is 54.1 Å². The molecule has 0 unspecified atom stereocenters. The Morgan fingerprint density at radius 2 is 1.62 bits per heavy atom. The first kappa shape index (κ1) is 24.2. The van der Waals surface area contributed by atoms with Gasteiger partial charge in [-0.25, -0.2) is 8.42 Å². The van der Waals surface area contributed by atoms with Crippen molar-refractivity contribution >= 4 is 27.3 Å². The summed E-state index contributed by atoms with van der Waals surface area (Å²) in [5, 5.41) is 2.92. The molecule has 1 aliphatic rings. The SMILES string of the molecule is CCN(Cc1ccc(N(C)C)cc1)[C@H](C)C(=O)Nc1ccc(S(=O)(=O)N2CCCC2)cc1. The summed E-state index contributed by atoms with van der Waals surface area (Å²) in [6.45, 7) is 6.48. The predicted molar refractivity (Wildman–Crippen MR) is 129 cm³/mol. The van der Waals surface area contributed by atoms with E-state index in [1.807, 2.05) is 27.9 Å². The molecule has 0 radical (unpaired) electrons. The van der Waals surface area contributed by atoms with Crippen LogP contribution in [0.5, 0.6) is 0 Å². The largest absolute Gasteiger partial charge is 0.378 e. The molecular weight excluding hydrogens is 424 g/mol. The summed E-state index contributed by atoms with van der Waals surface area (Å²) >= 11 is 0. The van der Waals surface area contributed by atoms with Gasteiger partial charge in [0.15, 0.2) is 0 Å². The normalized spacial score (nSPS) is 15.7. The van der Waals surface area contributed by atoms with Crippen LogP contribution in [0.4, 0.5) is 11.4 Å². The van der Waals surface area contributed by atoms with E-state index in [2.05, 4.69) is 39.4 Å². The maximum absolute atomic E-state index is 12.9. The third kappa shape index (κ3) is 5.68. The molecule has 0 aromatic heterocycles. The van der Waals surface area contributed by atoms with Gasteiger partial charge in [-0.2, -0.15) is 4.31 Å². The number of amides is 1. The lowest BCUT2D eigenvalue weighted by molar-refractivity contribution is -0.120. The maximum Gasteiger partial charge on any atom is 0.243 e. The molecule has 1 N–H and O–H groups in total. The lowest BCUT2D eigenvalue weighted by Crippen LogP contribution is -2.41. The van der Waals surface area contributed by atoms with Crippen LogP contribution in [-0.4, -0.2) is 63.3 Å². The van der Waals surface area contributed by atoms with Gasteiger partial charge in [-0.1, -0.05) is 19.1 Å². The van der Waals surface area contributed by atoms with Gasteiger partial charge < -0.3 is 10.2 Å². The van der Waals surface area contributed by atoms with E-state index in [0.717, 1.165) is 30.6 Å². The van der Waals surface area contributed by atoms with E-state index in [1.165, 1.54) is 4.31 Å². The van der Waals surface area contributed by atoms with E-state index in [0.29, 0.717) is 25.3 Å². The summed E-state index contributed by atoms with van der Waals surface area (Å²) in [5.41, 5.74) is 2.87. The molecule has 1 aliphatic heterocycles. The average Bonchev–Trinajstić information content (AvgIpc) is 3.33. The van der Waals surface area contributed by atoms with E-state index in [1.54, 1.807) is 24.3 Å². The van der Waals surface area contributed by atoms with E-state index < -0.39 is 10.0 Å². The number of hydrogen-bond donors (Lipinski definition) is 1. The van der Waals surface area contributed by atoms with Crippen molar-refractivity contribution in [3.63, 3.8) is 0 Å². The highest BCUT2D eigenvalue weighted by Crippen LogP contribution is 2.22. The fraction of sp³-hybridized carbons (Fsp3) is 0.458. The Kier molecular flexibility index (Phi) is 7.92. The van der Waals surface area contributed by atoms with Gasteiger partial charge in [0.1, 0.15) is 0 Å². The van der Waals surface area contributed by atoms with E-state index in [4.69, 9.17) is 0 Å². The first-order chi connectivity index (χ1) is 15.2. The number of sulfonamides is 1. The van der Waals surface area contributed by atoms with Crippen molar-refractivity contribution < 1.29 is 13.2 Å². The summed E-state index contributed by atoms with van der Waals surface area (Å²) in [6, 6.07) is 14.4. The van der Waals surface area contributed by atoms with Crippen molar-refractivity contribution in [1.82, 2.24) is 9.21 Å². The fourth-order valence-electron chi connectivity index (χ4n) is 3.86. The molecule has 1 atom stereocenters. The van der Waals surface area contributed by atoms with Gasteiger partial charge >= 0.3 is 0 Å². The second kappa shape index (κ2) is 10.5. The number of anilines is 2. The molecule has 1 fully saturated rings. The van der Waals surface area contributed by atoms with Crippen molar-refractivity contribution in [2.24, 2.45) is 0 Å². The Hall–Kier alpha value is -2.42. The zero-order chi connectivity index (χ0) is 23.3. The fourth-order valence-corrected chi connectivity index (χ4v) is 5.37. The molecule has 0 bridgehead atoms. The van der Waals surface area contributed by atoms with Gasteiger partial charge in [0.25, 0.3) is 0 Å². The summed E-state index contributed by atoms with van der Waals surface area (Å²) < 4.78 is 26.9. The second-order valence-electron chi connectivity index (χ2n) is 8.42. The molecular formula is C24H34N4O3S. The van der Waals surface area contributed by atoms with Crippen LogP contribution in [0.15, 0.2) is 53.4 Å². The van der Waals surface area contributed by atoms with Crippen molar-refractivity contribution in [1.29, 1.82) is 0 Å². The molecule has 7 nitrogen and oxygen atoms in total. The van der Waals surface area contributed by atoms with Crippen LogP contribution in [0.2, 0.25) is 0 Å². The topological polar surface area (TPSA) is 73.0 Å². The Morgan fingerprint density at radius 1 is 1.03 bits per heavy atom. The molecule has 0 saturated carbocycles. The van der Waals surface area contributed by atoms with Gasteiger partial charge in [0, 0.05) is 45.1 Å². The Balaban J connectivity index is 1.62. The molecule has 1 amide bonds. The number of carbonyl (C=O) groups excluding carboxylic acids is 1. The third-order valence-corrected chi connectivity index (χ3v) is 7.91. The molecule has 1 heterocycles. The van der Waals surface area contributed by atoms with Crippen molar-refractivity contribution in [3.8, 4) is 0 Å². The van der Waals surface area contributed by atoms with Crippen LogP contribution < -0.4 is 10.2 Å². The number of carbonyl (C=O) groups is 1. The zero-order valence-corrected chi connectivity index (χ0v) is 20.2. The molecule has 8 heteroatoms. The minimum Gasteiger partial charge on any atom is -0.378 e. The Bertz CT molecular complexity index is 999. The van der Waals surface area contributed by atoms with Gasteiger partial charge in [0.2, 0.25) is 15.9 Å². The smallest absolute Gasteiger partial charge is 0.243 e. The van der Waals surface area contributed by atoms with E-state index >= 15 is 0 Å². The zero-order valence-electron chi connectivity index (χ0n) is 19.4. The number of rotatable bonds is 9. The maximum atomic E-state index is 12.9. The number of benzene rings is 2.